The molecule has 0 aliphatic carbocycles. The number of hydrogen-bond acceptors (Lipinski definition) is 3. The molecule has 21 heavy (non-hydrogen) atoms. The lowest BCUT2D eigenvalue weighted by Gasteiger charge is -2.14. The molecule has 1 N–H and O–H groups in total. The van der Waals surface area contributed by atoms with Crippen molar-refractivity contribution in [2.45, 2.75) is 25.9 Å². The number of benzene rings is 2. The molecule has 110 valence electrons. The molecule has 4 nitrogen and oxygen atoms in total. The minimum Gasteiger partial charge on any atom is -0.310 e. The maximum absolute atomic E-state index is 11.0. The SMILES string of the molecule is CC(Cc1ccc(Cl)cc1)NCc1ccccc1[N+](=O)[O-]. The number of nitrogens with one attached hydrogen (secondary N) is 1. The van der Waals surface area contributed by atoms with Gasteiger partial charge in [0.2, 0.25) is 0 Å². The largest absolute Gasteiger partial charge is 0.310 e. The van der Waals surface area contributed by atoms with Crippen molar-refractivity contribution < 1.29 is 4.92 Å². The van der Waals surface area contributed by atoms with E-state index in [1.165, 1.54) is 11.6 Å². The Morgan fingerprint density at radius 2 is 1.86 bits per heavy atom. The predicted octanol–water partition coefficient (Wildman–Crippen LogP) is 3.97. The Kier molecular flexibility index (Phi) is 5.31. The van der Waals surface area contributed by atoms with E-state index in [1.807, 2.05) is 30.3 Å². The molecule has 1 unspecified atom stereocenters. The van der Waals surface area contributed by atoms with Crippen LogP contribution < -0.4 is 5.32 Å². The minimum absolute atomic E-state index is 0.156. The molecule has 1 atom stereocenters. The van der Waals surface area contributed by atoms with Gasteiger partial charge in [0.05, 0.1) is 4.92 Å². The van der Waals surface area contributed by atoms with Crippen LogP contribution in [0.1, 0.15) is 18.1 Å². The lowest BCUT2D eigenvalue weighted by molar-refractivity contribution is -0.385. The van der Waals surface area contributed by atoms with E-state index in [0.717, 1.165) is 11.4 Å². The summed E-state index contributed by atoms with van der Waals surface area (Å²) in [6, 6.07) is 14.7. The zero-order valence-corrected chi connectivity index (χ0v) is 12.5. The van der Waals surface area contributed by atoms with E-state index >= 15 is 0 Å². The molecule has 0 bridgehead atoms. The average Bonchev–Trinajstić information content (AvgIpc) is 2.48. The Morgan fingerprint density at radius 3 is 2.52 bits per heavy atom. The highest BCUT2D eigenvalue weighted by molar-refractivity contribution is 6.30. The summed E-state index contributed by atoms with van der Waals surface area (Å²) in [5.41, 5.74) is 2.04. The molecule has 2 aromatic rings. The highest BCUT2D eigenvalue weighted by Gasteiger charge is 2.12. The van der Waals surface area contributed by atoms with E-state index < -0.39 is 0 Å². The first kappa shape index (κ1) is 15.5. The van der Waals surface area contributed by atoms with Crippen molar-refractivity contribution >= 4 is 17.3 Å². The first-order valence-electron chi connectivity index (χ1n) is 6.76. The second-order valence-electron chi connectivity index (χ2n) is 5.00. The van der Waals surface area contributed by atoms with Crippen LogP contribution in [0.2, 0.25) is 5.02 Å². The molecule has 2 aromatic carbocycles. The lowest BCUT2D eigenvalue weighted by Crippen LogP contribution is -2.27. The third kappa shape index (κ3) is 4.55. The summed E-state index contributed by atoms with van der Waals surface area (Å²) in [7, 11) is 0. The van der Waals surface area contributed by atoms with Gasteiger partial charge in [-0.3, -0.25) is 10.1 Å². The van der Waals surface area contributed by atoms with Crippen LogP contribution in [0, 0.1) is 10.1 Å². The smallest absolute Gasteiger partial charge is 0.273 e. The minimum atomic E-state index is -0.346. The van der Waals surface area contributed by atoms with E-state index in [9.17, 15) is 10.1 Å². The van der Waals surface area contributed by atoms with Crippen molar-refractivity contribution in [3.8, 4) is 0 Å². The van der Waals surface area contributed by atoms with Crippen LogP contribution in [-0.4, -0.2) is 11.0 Å². The number of nitrogens with zero attached hydrogens (tertiary/aromatic N) is 1. The zero-order chi connectivity index (χ0) is 15.2. The first-order chi connectivity index (χ1) is 10.1. The summed E-state index contributed by atoms with van der Waals surface area (Å²) in [4.78, 5) is 10.6. The van der Waals surface area contributed by atoms with E-state index in [-0.39, 0.29) is 16.7 Å². The van der Waals surface area contributed by atoms with Crippen molar-refractivity contribution in [3.05, 3.63) is 74.8 Å². The highest BCUT2D eigenvalue weighted by atomic mass is 35.5. The third-order valence-electron chi connectivity index (χ3n) is 3.28. The Labute approximate surface area is 128 Å². The van der Waals surface area contributed by atoms with Crippen LogP contribution in [0.15, 0.2) is 48.5 Å². The Hall–Kier alpha value is -1.91. The van der Waals surface area contributed by atoms with E-state index in [4.69, 9.17) is 11.6 Å². The van der Waals surface area contributed by atoms with Crippen LogP contribution in [0.4, 0.5) is 5.69 Å². The second kappa shape index (κ2) is 7.20. The fraction of sp³-hybridized carbons (Fsp3) is 0.250. The van der Waals surface area contributed by atoms with Crippen LogP contribution in [0.5, 0.6) is 0 Å². The van der Waals surface area contributed by atoms with E-state index in [0.29, 0.717) is 12.1 Å². The highest BCUT2D eigenvalue weighted by Crippen LogP contribution is 2.17. The van der Waals surface area contributed by atoms with Crippen molar-refractivity contribution in [2.75, 3.05) is 0 Å². The number of nitro benzene ring substituents is 1. The summed E-state index contributed by atoms with van der Waals surface area (Å²) in [6.07, 6.45) is 0.845. The number of halogens is 1. The maximum Gasteiger partial charge on any atom is 0.273 e. The molecular formula is C16H17ClN2O2. The van der Waals surface area contributed by atoms with Gasteiger partial charge in [-0.1, -0.05) is 41.9 Å². The molecule has 0 radical (unpaired) electrons. The number of rotatable bonds is 6. The first-order valence-corrected chi connectivity index (χ1v) is 7.14. The van der Waals surface area contributed by atoms with Gasteiger partial charge >= 0.3 is 0 Å². The average molecular weight is 305 g/mol. The van der Waals surface area contributed by atoms with Gasteiger partial charge in [-0.05, 0) is 31.0 Å². The van der Waals surface area contributed by atoms with Gasteiger partial charge in [-0.25, -0.2) is 0 Å². The lowest BCUT2D eigenvalue weighted by atomic mass is 10.1. The van der Waals surface area contributed by atoms with Crippen LogP contribution in [0.3, 0.4) is 0 Å². The summed E-state index contributed by atoms with van der Waals surface area (Å²) < 4.78 is 0. The summed E-state index contributed by atoms with van der Waals surface area (Å²) in [5.74, 6) is 0. The summed E-state index contributed by atoms with van der Waals surface area (Å²) in [5, 5.41) is 15.0. The number of nitro groups is 1. The van der Waals surface area contributed by atoms with Crippen molar-refractivity contribution in [3.63, 3.8) is 0 Å². The molecular weight excluding hydrogens is 288 g/mol. The molecule has 0 heterocycles. The van der Waals surface area contributed by atoms with E-state index in [1.54, 1.807) is 12.1 Å². The van der Waals surface area contributed by atoms with Crippen molar-refractivity contribution in [2.24, 2.45) is 0 Å². The topological polar surface area (TPSA) is 55.2 Å². The molecule has 0 aromatic heterocycles. The van der Waals surface area contributed by atoms with Gasteiger partial charge in [0.1, 0.15) is 0 Å². The Bertz CT molecular complexity index is 614. The van der Waals surface area contributed by atoms with Gasteiger partial charge < -0.3 is 5.32 Å². The quantitative estimate of drug-likeness (QED) is 0.649. The molecule has 5 heteroatoms. The van der Waals surface area contributed by atoms with Gasteiger partial charge in [0.25, 0.3) is 5.69 Å². The molecule has 0 aliphatic heterocycles. The predicted molar refractivity (Wildman–Crippen MR) is 84.6 cm³/mol. The molecule has 2 rings (SSSR count). The third-order valence-corrected chi connectivity index (χ3v) is 3.54. The van der Waals surface area contributed by atoms with Crippen LogP contribution in [0.25, 0.3) is 0 Å². The fourth-order valence-corrected chi connectivity index (χ4v) is 2.29. The van der Waals surface area contributed by atoms with Crippen LogP contribution in [-0.2, 0) is 13.0 Å². The second-order valence-corrected chi connectivity index (χ2v) is 5.43. The molecule has 0 fully saturated rings. The standard InChI is InChI=1S/C16H17ClN2O2/c1-12(10-13-6-8-15(17)9-7-13)18-11-14-4-2-3-5-16(14)19(20)21/h2-9,12,18H,10-11H2,1H3. The Morgan fingerprint density at radius 1 is 1.19 bits per heavy atom. The fourth-order valence-electron chi connectivity index (χ4n) is 2.17. The summed E-state index contributed by atoms with van der Waals surface area (Å²) >= 11 is 5.86. The number of hydrogen-bond donors (Lipinski definition) is 1. The summed E-state index contributed by atoms with van der Waals surface area (Å²) in [6.45, 7) is 2.54. The van der Waals surface area contributed by atoms with Gasteiger partial charge in [-0.2, -0.15) is 0 Å². The van der Waals surface area contributed by atoms with Gasteiger partial charge in [0.15, 0.2) is 0 Å². The van der Waals surface area contributed by atoms with Gasteiger partial charge in [-0.15, -0.1) is 0 Å². The monoisotopic (exact) mass is 304 g/mol. The van der Waals surface area contributed by atoms with Gasteiger partial charge in [0, 0.05) is 29.2 Å². The number of para-hydroxylation sites is 1. The molecule has 0 aliphatic rings. The van der Waals surface area contributed by atoms with Crippen LogP contribution >= 0.6 is 11.6 Å². The Balaban J connectivity index is 1.93. The molecule has 0 saturated carbocycles. The van der Waals surface area contributed by atoms with Crippen molar-refractivity contribution in [1.29, 1.82) is 0 Å². The zero-order valence-electron chi connectivity index (χ0n) is 11.8. The van der Waals surface area contributed by atoms with Crippen molar-refractivity contribution in [1.82, 2.24) is 5.32 Å². The maximum atomic E-state index is 11.0. The molecule has 0 saturated heterocycles. The van der Waals surface area contributed by atoms with E-state index in [2.05, 4.69) is 12.2 Å². The normalized spacial score (nSPS) is 12.1. The molecule has 0 amide bonds. The molecule has 0 spiro atoms.